The van der Waals surface area contributed by atoms with Gasteiger partial charge in [-0.15, -0.1) is 0 Å². The summed E-state index contributed by atoms with van der Waals surface area (Å²) in [5.41, 5.74) is 0.315. The fourth-order valence-electron chi connectivity index (χ4n) is 1.70. The first-order valence-electron chi connectivity index (χ1n) is 6.81. The molecule has 0 atom stereocenters. The number of carbonyl (C=O) groups excluding carboxylic acids is 4. The number of hydrogen-bond acceptors (Lipinski definition) is 7. The third-order valence-corrected chi connectivity index (χ3v) is 2.50. The van der Waals surface area contributed by atoms with E-state index in [2.05, 4.69) is 10.1 Å². The Morgan fingerprint density at radius 2 is 1.54 bits per heavy atom. The number of benzene rings is 1. The highest BCUT2D eigenvalue weighted by atomic mass is 16.6. The largest absolute Gasteiger partial charge is 0.464 e. The first-order valence-corrected chi connectivity index (χ1v) is 6.81. The van der Waals surface area contributed by atoms with E-state index in [4.69, 9.17) is 9.47 Å². The molecule has 0 spiro atoms. The van der Waals surface area contributed by atoms with Gasteiger partial charge in [0.15, 0.2) is 11.5 Å². The van der Waals surface area contributed by atoms with Crippen molar-refractivity contribution in [2.45, 2.75) is 20.8 Å². The molecule has 1 amide bonds. The van der Waals surface area contributed by atoms with Crippen LogP contribution in [0.15, 0.2) is 23.9 Å². The van der Waals surface area contributed by atoms with Crippen LogP contribution in [0.2, 0.25) is 0 Å². The van der Waals surface area contributed by atoms with E-state index in [9.17, 15) is 19.2 Å². The molecule has 8 heteroatoms. The Kier molecular flexibility index (Phi) is 6.66. The van der Waals surface area contributed by atoms with Crippen molar-refractivity contribution >= 4 is 29.9 Å². The van der Waals surface area contributed by atoms with Crippen molar-refractivity contribution in [3.8, 4) is 11.5 Å². The molecule has 0 aliphatic carbocycles. The number of esters is 3. The highest BCUT2D eigenvalue weighted by Crippen LogP contribution is 2.29. The average Bonchev–Trinajstić information content (AvgIpc) is 2.47. The van der Waals surface area contributed by atoms with Gasteiger partial charge in [0.05, 0.1) is 7.11 Å². The molecule has 1 N–H and O–H groups in total. The molecule has 0 heterocycles. The Morgan fingerprint density at radius 1 is 0.958 bits per heavy atom. The second-order valence-electron chi connectivity index (χ2n) is 4.62. The number of hydrogen-bond donors (Lipinski definition) is 1. The minimum absolute atomic E-state index is 0.00140. The van der Waals surface area contributed by atoms with E-state index >= 15 is 0 Å². The Labute approximate surface area is 138 Å². The van der Waals surface area contributed by atoms with Gasteiger partial charge in [0.25, 0.3) is 0 Å². The Bertz CT molecular complexity index is 706. The highest BCUT2D eigenvalue weighted by molar-refractivity contribution is 5.97. The maximum Gasteiger partial charge on any atom is 0.354 e. The lowest BCUT2D eigenvalue weighted by Crippen LogP contribution is -2.25. The lowest BCUT2D eigenvalue weighted by Gasteiger charge is -2.10. The summed E-state index contributed by atoms with van der Waals surface area (Å²) in [6.07, 6.45) is 1.33. The average molecular weight is 335 g/mol. The molecule has 0 unspecified atom stereocenters. The van der Waals surface area contributed by atoms with Crippen molar-refractivity contribution in [2.75, 3.05) is 7.11 Å². The van der Waals surface area contributed by atoms with E-state index in [1.807, 2.05) is 0 Å². The molecule has 0 aliphatic heterocycles. The van der Waals surface area contributed by atoms with Crippen LogP contribution in [0, 0.1) is 0 Å². The Balaban J connectivity index is 3.28. The summed E-state index contributed by atoms with van der Waals surface area (Å²) in [5.74, 6) is -2.35. The number of ether oxygens (including phenoxy) is 3. The van der Waals surface area contributed by atoms with Gasteiger partial charge in [-0.05, 0) is 23.8 Å². The van der Waals surface area contributed by atoms with Crippen molar-refractivity contribution in [1.82, 2.24) is 5.32 Å². The molecule has 128 valence electrons. The highest BCUT2D eigenvalue weighted by Gasteiger charge is 2.14. The molecule has 0 saturated carbocycles. The first kappa shape index (κ1) is 18.9. The van der Waals surface area contributed by atoms with Gasteiger partial charge in [0.2, 0.25) is 5.91 Å². The Morgan fingerprint density at radius 3 is 2.04 bits per heavy atom. The molecular formula is C16H17NO7. The van der Waals surface area contributed by atoms with Gasteiger partial charge in [0.1, 0.15) is 5.70 Å². The molecule has 1 aromatic rings. The molecule has 1 rings (SSSR count). The van der Waals surface area contributed by atoms with E-state index in [-0.39, 0.29) is 17.2 Å². The third-order valence-electron chi connectivity index (χ3n) is 2.50. The molecule has 0 fully saturated rings. The van der Waals surface area contributed by atoms with Gasteiger partial charge < -0.3 is 19.5 Å². The standard InChI is InChI=1S/C16H17NO7/c1-9(18)17-13(16(21)22-4)7-12-5-6-14(23-10(2)19)15(8-12)24-11(3)20/h5-8H,1-4H3,(H,17,18). The summed E-state index contributed by atoms with van der Waals surface area (Å²) in [7, 11) is 1.17. The quantitative estimate of drug-likeness (QED) is 0.489. The lowest BCUT2D eigenvalue weighted by atomic mass is 10.1. The molecule has 0 radical (unpaired) electrons. The second kappa shape index (κ2) is 8.47. The monoisotopic (exact) mass is 335 g/mol. The first-order chi connectivity index (χ1) is 11.2. The van der Waals surface area contributed by atoms with Crippen molar-refractivity contribution in [3.05, 3.63) is 29.5 Å². The summed E-state index contributed by atoms with van der Waals surface area (Å²) in [6.45, 7) is 3.64. The van der Waals surface area contributed by atoms with Crippen molar-refractivity contribution in [3.63, 3.8) is 0 Å². The van der Waals surface area contributed by atoms with Crippen LogP contribution in [0.1, 0.15) is 26.3 Å². The van der Waals surface area contributed by atoms with Crippen LogP contribution in [0.25, 0.3) is 6.08 Å². The third kappa shape index (κ3) is 5.91. The van der Waals surface area contributed by atoms with Crippen molar-refractivity contribution < 1.29 is 33.4 Å². The number of rotatable bonds is 5. The molecule has 0 aliphatic rings. The van der Waals surface area contributed by atoms with E-state index in [1.165, 1.54) is 52.2 Å². The van der Waals surface area contributed by atoms with Crippen LogP contribution in [0.5, 0.6) is 11.5 Å². The predicted octanol–water partition coefficient (Wildman–Crippen LogP) is 1.19. The molecule has 0 saturated heterocycles. The van der Waals surface area contributed by atoms with Crippen LogP contribution >= 0.6 is 0 Å². The molecule has 0 aromatic heterocycles. The SMILES string of the molecule is COC(=O)C(=Cc1ccc(OC(C)=O)c(OC(C)=O)c1)NC(C)=O. The fraction of sp³-hybridized carbons (Fsp3) is 0.250. The minimum atomic E-state index is -0.747. The topological polar surface area (TPSA) is 108 Å². The van der Waals surface area contributed by atoms with Crippen LogP contribution in [-0.2, 0) is 23.9 Å². The van der Waals surface area contributed by atoms with E-state index in [0.717, 1.165) is 0 Å². The van der Waals surface area contributed by atoms with E-state index < -0.39 is 23.8 Å². The zero-order valence-corrected chi connectivity index (χ0v) is 13.7. The predicted molar refractivity (Wildman–Crippen MR) is 82.9 cm³/mol. The zero-order chi connectivity index (χ0) is 18.3. The minimum Gasteiger partial charge on any atom is -0.464 e. The molecule has 8 nitrogen and oxygen atoms in total. The van der Waals surface area contributed by atoms with E-state index in [1.54, 1.807) is 0 Å². The lowest BCUT2D eigenvalue weighted by molar-refractivity contribution is -0.137. The molecule has 1 aromatic carbocycles. The summed E-state index contributed by atoms with van der Waals surface area (Å²) in [4.78, 5) is 45.1. The number of nitrogens with one attached hydrogen (secondary N) is 1. The maximum atomic E-state index is 11.7. The molecular weight excluding hydrogens is 318 g/mol. The zero-order valence-electron chi connectivity index (χ0n) is 13.7. The van der Waals surface area contributed by atoms with Crippen LogP contribution in [0.4, 0.5) is 0 Å². The van der Waals surface area contributed by atoms with Gasteiger partial charge in [-0.1, -0.05) is 6.07 Å². The van der Waals surface area contributed by atoms with Gasteiger partial charge in [-0.25, -0.2) is 4.79 Å². The second-order valence-corrected chi connectivity index (χ2v) is 4.62. The van der Waals surface area contributed by atoms with Gasteiger partial charge in [0, 0.05) is 20.8 Å². The van der Waals surface area contributed by atoms with Gasteiger partial charge in [-0.2, -0.15) is 0 Å². The molecule has 24 heavy (non-hydrogen) atoms. The fourth-order valence-corrected chi connectivity index (χ4v) is 1.70. The molecule has 0 bridgehead atoms. The number of methoxy groups -OCH3 is 1. The maximum absolute atomic E-state index is 11.7. The Hall–Kier alpha value is -3.16. The van der Waals surface area contributed by atoms with E-state index in [0.29, 0.717) is 5.56 Å². The van der Waals surface area contributed by atoms with Crippen LogP contribution in [0.3, 0.4) is 0 Å². The van der Waals surface area contributed by atoms with Crippen LogP contribution < -0.4 is 14.8 Å². The summed E-state index contributed by atoms with van der Waals surface area (Å²) >= 11 is 0. The number of carbonyl (C=O) groups is 4. The van der Waals surface area contributed by atoms with Gasteiger partial charge in [-0.3, -0.25) is 14.4 Å². The van der Waals surface area contributed by atoms with Crippen LogP contribution in [-0.4, -0.2) is 30.9 Å². The smallest absolute Gasteiger partial charge is 0.354 e. The van der Waals surface area contributed by atoms with Crippen molar-refractivity contribution in [1.29, 1.82) is 0 Å². The summed E-state index contributed by atoms with van der Waals surface area (Å²) in [6, 6.07) is 4.29. The summed E-state index contributed by atoms with van der Waals surface area (Å²) < 4.78 is 14.5. The number of amides is 1. The summed E-state index contributed by atoms with van der Waals surface area (Å²) in [5, 5.41) is 2.34. The van der Waals surface area contributed by atoms with Gasteiger partial charge >= 0.3 is 17.9 Å². The normalized spacial score (nSPS) is 10.6. The van der Waals surface area contributed by atoms with Crippen molar-refractivity contribution in [2.24, 2.45) is 0 Å².